The molecule has 0 bridgehead atoms. The van der Waals surface area contributed by atoms with E-state index < -0.39 is 15.8 Å². The zero-order chi connectivity index (χ0) is 13.5. The molecule has 0 aliphatic heterocycles. The van der Waals surface area contributed by atoms with E-state index in [9.17, 15) is 12.8 Å². The van der Waals surface area contributed by atoms with Crippen LogP contribution < -0.4 is 0 Å². The number of aromatic nitrogens is 2. The minimum atomic E-state index is -3.75. The molecule has 0 saturated carbocycles. The van der Waals surface area contributed by atoms with Gasteiger partial charge in [0.1, 0.15) is 17.2 Å². The Bertz CT molecular complexity index is 692. The minimum absolute atomic E-state index is 0.00282. The number of hydrogen-bond donors (Lipinski definition) is 0. The molecule has 0 fully saturated rings. The van der Waals surface area contributed by atoms with Crippen LogP contribution in [0.5, 0.6) is 0 Å². The Morgan fingerprint density at radius 2 is 2.11 bits per heavy atom. The van der Waals surface area contributed by atoms with Crippen LogP contribution in [0, 0.1) is 5.82 Å². The van der Waals surface area contributed by atoms with Gasteiger partial charge in [0.25, 0.3) is 10.0 Å². The minimum Gasteiger partial charge on any atom is -0.300 e. The average molecular weight is 271 g/mol. The Hall–Kier alpha value is -1.47. The molecule has 0 spiro atoms. The van der Waals surface area contributed by atoms with Gasteiger partial charge in [0, 0.05) is 26.7 Å². The summed E-state index contributed by atoms with van der Waals surface area (Å²) in [4.78, 5) is 4.05. The zero-order valence-electron chi connectivity index (χ0n) is 10.4. The first kappa shape index (κ1) is 13.0. The molecule has 98 valence electrons. The maximum absolute atomic E-state index is 13.8. The van der Waals surface area contributed by atoms with Crippen LogP contribution >= 0.6 is 0 Å². The van der Waals surface area contributed by atoms with Crippen molar-refractivity contribution in [2.45, 2.75) is 18.4 Å². The molecule has 0 saturated heterocycles. The van der Waals surface area contributed by atoms with Crippen molar-refractivity contribution in [2.75, 3.05) is 14.1 Å². The Kier molecular flexibility index (Phi) is 3.12. The number of nitrogens with zero attached hydrogens (tertiary/aromatic N) is 3. The third kappa shape index (κ3) is 1.79. The van der Waals surface area contributed by atoms with Crippen molar-refractivity contribution in [1.29, 1.82) is 0 Å². The summed E-state index contributed by atoms with van der Waals surface area (Å²) in [6.45, 7) is 1.84. The van der Waals surface area contributed by atoms with E-state index in [1.807, 2.05) is 6.92 Å². The number of fused-ring (bicyclic) bond motifs is 1. The normalized spacial score (nSPS) is 12.5. The van der Waals surface area contributed by atoms with Crippen LogP contribution in [-0.4, -0.2) is 36.2 Å². The smallest absolute Gasteiger partial charge is 0.262 e. The predicted octanol–water partition coefficient (Wildman–Crippen LogP) is 1.29. The molecule has 2 aromatic heterocycles. The van der Waals surface area contributed by atoms with Gasteiger partial charge in [-0.05, 0) is 12.1 Å². The number of aryl methyl sites for hydroxylation is 1. The molecule has 0 aliphatic carbocycles. The lowest BCUT2D eigenvalue weighted by Gasteiger charge is -2.09. The monoisotopic (exact) mass is 271 g/mol. The van der Waals surface area contributed by atoms with Crippen molar-refractivity contribution in [3.8, 4) is 0 Å². The number of hydrogen-bond acceptors (Lipinski definition) is 3. The SMILES string of the molecule is CCc1nc(S(=O)(=O)N(C)C)c2c(F)cccn12. The molecule has 2 aromatic rings. The van der Waals surface area contributed by atoms with Crippen molar-refractivity contribution in [3.05, 3.63) is 30.0 Å². The standard InChI is InChI=1S/C11H14FN3O2S/c1-4-9-13-11(18(16,17)14(2)3)10-8(12)6-5-7-15(9)10/h5-7H,4H2,1-3H3. The van der Waals surface area contributed by atoms with Crippen LogP contribution in [0.2, 0.25) is 0 Å². The zero-order valence-corrected chi connectivity index (χ0v) is 11.2. The summed E-state index contributed by atoms with van der Waals surface area (Å²) < 4.78 is 40.6. The number of sulfonamides is 1. The van der Waals surface area contributed by atoms with E-state index in [1.165, 1.54) is 30.6 Å². The predicted molar refractivity (Wildman–Crippen MR) is 65.4 cm³/mol. The summed E-state index contributed by atoms with van der Waals surface area (Å²) in [6.07, 6.45) is 2.13. The van der Waals surface area contributed by atoms with E-state index in [0.717, 1.165) is 4.31 Å². The highest BCUT2D eigenvalue weighted by Crippen LogP contribution is 2.23. The Balaban J connectivity index is 2.89. The van der Waals surface area contributed by atoms with Gasteiger partial charge in [-0.3, -0.25) is 4.40 Å². The van der Waals surface area contributed by atoms with Crippen molar-refractivity contribution in [3.63, 3.8) is 0 Å². The van der Waals surface area contributed by atoms with Gasteiger partial charge in [-0.25, -0.2) is 22.1 Å². The summed E-state index contributed by atoms with van der Waals surface area (Å²) in [7, 11) is -0.962. The fraction of sp³-hybridized carbons (Fsp3) is 0.364. The molecular weight excluding hydrogens is 257 g/mol. The summed E-state index contributed by atoms with van der Waals surface area (Å²) in [5.41, 5.74) is 0.00282. The molecule has 2 rings (SSSR count). The fourth-order valence-electron chi connectivity index (χ4n) is 1.73. The van der Waals surface area contributed by atoms with E-state index in [2.05, 4.69) is 4.98 Å². The van der Waals surface area contributed by atoms with Crippen molar-refractivity contribution in [2.24, 2.45) is 0 Å². The molecule has 0 N–H and O–H groups in total. The summed E-state index contributed by atoms with van der Waals surface area (Å²) >= 11 is 0. The van der Waals surface area contributed by atoms with Crippen LogP contribution in [-0.2, 0) is 16.4 Å². The maximum Gasteiger partial charge on any atom is 0.262 e. The first-order valence-corrected chi connectivity index (χ1v) is 6.91. The quantitative estimate of drug-likeness (QED) is 0.845. The van der Waals surface area contributed by atoms with E-state index in [0.29, 0.717) is 12.2 Å². The van der Waals surface area contributed by atoms with E-state index in [1.54, 1.807) is 6.20 Å². The number of imidazole rings is 1. The van der Waals surface area contributed by atoms with Gasteiger partial charge >= 0.3 is 0 Å². The van der Waals surface area contributed by atoms with Crippen molar-refractivity contribution in [1.82, 2.24) is 13.7 Å². The highest BCUT2D eigenvalue weighted by molar-refractivity contribution is 7.89. The molecule has 0 aliphatic rings. The van der Waals surface area contributed by atoms with Crippen LogP contribution in [0.4, 0.5) is 4.39 Å². The second kappa shape index (κ2) is 4.33. The molecule has 0 unspecified atom stereocenters. The molecule has 5 nitrogen and oxygen atoms in total. The fourth-order valence-corrected chi connectivity index (χ4v) is 2.74. The molecule has 18 heavy (non-hydrogen) atoms. The van der Waals surface area contributed by atoms with Gasteiger partial charge in [-0.1, -0.05) is 6.92 Å². The van der Waals surface area contributed by atoms with Gasteiger partial charge in [0.15, 0.2) is 5.03 Å². The van der Waals surface area contributed by atoms with Crippen molar-refractivity contribution >= 4 is 15.5 Å². The second-order valence-electron chi connectivity index (χ2n) is 4.05. The van der Waals surface area contributed by atoms with E-state index >= 15 is 0 Å². The maximum atomic E-state index is 13.8. The molecule has 7 heteroatoms. The summed E-state index contributed by atoms with van der Waals surface area (Å²) in [6, 6.07) is 2.75. The Labute approximate surface area is 105 Å². The van der Waals surface area contributed by atoms with E-state index in [4.69, 9.17) is 0 Å². The van der Waals surface area contributed by atoms with Gasteiger partial charge in [0.2, 0.25) is 0 Å². The molecular formula is C11H14FN3O2S. The molecule has 0 atom stereocenters. The average Bonchev–Trinajstić information content (AvgIpc) is 2.69. The highest BCUT2D eigenvalue weighted by Gasteiger charge is 2.26. The Morgan fingerprint density at radius 1 is 1.44 bits per heavy atom. The van der Waals surface area contributed by atoms with Crippen LogP contribution in [0.3, 0.4) is 0 Å². The van der Waals surface area contributed by atoms with Crippen molar-refractivity contribution < 1.29 is 12.8 Å². The van der Waals surface area contributed by atoms with Gasteiger partial charge in [-0.2, -0.15) is 0 Å². The number of halogens is 1. The first-order valence-electron chi connectivity index (χ1n) is 5.47. The highest BCUT2D eigenvalue weighted by atomic mass is 32.2. The van der Waals surface area contributed by atoms with Gasteiger partial charge < -0.3 is 0 Å². The number of pyridine rings is 1. The third-order valence-electron chi connectivity index (χ3n) is 2.70. The van der Waals surface area contributed by atoms with Crippen LogP contribution in [0.25, 0.3) is 5.52 Å². The van der Waals surface area contributed by atoms with Crippen LogP contribution in [0.1, 0.15) is 12.7 Å². The van der Waals surface area contributed by atoms with Gasteiger partial charge in [0.05, 0.1) is 0 Å². The lowest BCUT2D eigenvalue weighted by molar-refractivity contribution is 0.517. The lowest BCUT2D eigenvalue weighted by atomic mass is 10.4. The second-order valence-corrected chi connectivity index (χ2v) is 6.12. The molecule has 0 aromatic carbocycles. The largest absolute Gasteiger partial charge is 0.300 e. The lowest BCUT2D eigenvalue weighted by Crippen LogP contribution is -2.23. The summed E-state index contributed by atoms with van der Waals surface area (Å²) in [5.74, 6) is -0.0740. The third-order valence-corrected chi connectivity index (χ3v) is 4.43. The van der Waals surface area contributed by atoms with E-state index in [-0.39, 0.29) is 10.5 Å². The number of rotatable bonds is 3. The molecule has 2 heterocycles. The Morgan fingerprint density at radius 3 is 2.67 bits per heavy atom. The topological polar surface area (TPSA) is 54.7 Å². The first-order chi connectivity index (χ1) is 8.39. The summed E-state index contributed by atoms with van der Waals surface area (Å²) in [5, 5.41) is -0.234. The molecule has 0 radical (unpaired) electrons. The molecule has 0 amide bonds. The van der Waals surface area contributed by atoms with Crippen LogP contribution in [0.15, 0.2) is 23.4 Å². The van der Waals surface area contributed by atoms with Gasteiger partial charge in [-0.15, -0.1) is 0 Å².